The first-order chi connectivity index (χ1) is 14.5. The Hall–Kier alpha value is -3.87. The smallest absolute Gasteiger partial charge is 0.335 e. The molecule has 7 heteroatoms. The van der Waals surface area contributed by atoms with Crippen LogP contribution in [0.5, 0.6) is 5.75 Å². The number of aromatic nitrogens is 1. The Bertz CT molecular complexity index is 1130. The second kappa shape index (κ2) is 7.87. The number of H-pyrrole nitrogens is 1. The molecule has 1 aliphatic rings. The van der Waals surface area contributed by atoms with Crippen LogP contribution in [0.1, 0.15) is 21.6 Å². The lowest BCUT2D eigenvalue weighted by atomic mass is 10.0. The van der Waals surface area contributed by atoms with Gasteiger partial charge in [0.1, 0.15) is 12.3 Å². The molecule has 1 aliphatic heterocycles. The summed E-state index contributed by atoms with van der Waals surface area (Å²) in [6.45, 7) is 0.440. The van der Waals surface area contributed by atoms with E-state index in [0.29, 0.717) is 6.61 Å². The van der Waals surface area contributed by atoms with E-state index in [-0.39, 0.29) is 5.56 Å². The average molecular weight is 404 g/mol. The van der Waals surface area contributed by atoms with E-state index in [1.165, 1.54) is 0 Å². The molecule has 154 valence electrons. The largest absolute Gasteiger partial charge is 0.486 e. The normalized spacial score (nSPS) is 12.4. The van der Waals surface area contributed by atoms with Gasteiger partial charge in [-0.05, 0) is 42.0 Å². The molecule has 1 aromatic heterocycles. The van der Waals surface area contributed by atoms with Gasteiger partial charge in [0.15, 0.2) is 5.75 Å². The van der Waals surface area contributed by atoms with Crippen LogP contribution in [0.2, 0.25) is 0 Å². The van der Waals surface area contributed by atoms with Crippen LogP contribution in [-0.4, -0.2) is 43.8 Å². The number of rotatable bonds is 6. The fourth-order valence-electron chi connectivity index (χ4n) is 3.68. The van der Waals surface area contributed by atoms with Crippen LogP contribution >= 0.6 is 0 Å². The Labute approximate surface area is 174 Å². The van der Waals surface area contributed by atoms with Crippen LogP contribution in [-0.2, 0) is 0 Å². The molecule has 7 nitrogen and oxygen atoms in total. The van der Waals surface area contributed by atoms with Crippen molar-refractivity contribution in [3.63, 3.8) is 0 Å². The molecule has 0 spiro atoms. The third-order valence-electron chi connectivity index (χ3n) is 5.27. The second-order valence-corrected chi connectivity index (χ2v) is 6.97. The van der Waals surface area contributed by atoms with E-state index in [1.54, 1.807) is 24.3 Å². The summed E-state index contributed by atoms with van der Waals surface area (Å²) in [5.41, 5.74) is 7.96. The van der Waals surface area contributed by atoms with Gasteiger partial charge in [-0.25, -0.2) is 4.79 Å². The highest BCUT2D eigenvalue weighted by Crippen LogP contribution is 2.45. The third-order valence-corrected chi connectivity index (χ3v) is 5.27. The highest BCUT2D eigenvalue weighted by molar-refractivity contribution is 5.96. The van der Waals surface area contributed by atoms with E-state index in [4.69, 9.17) is 9.84 Å². The predicted octanol–water partition coefficient (Wildman–Crippen LogP) is 4.44. The first-order valence-electron chi connectivity index (χ1n) is 9.66. The molecule has 0 radical (unpaired) electrons. The minimum atomic E-state index is -0.931. The van der Waals surface area contributed by atoms with Gasteiger partial charge in [0.05, 0.1) is 11.3 Å². The highest BCUT2D eigenvalue weighted by Gasteiger charge is 2.22. The van der Waals surface area contributed by atoms with Gasteiger partial charge in [-0.3, -0.25) is 0 Å². The fourth-order valence-corrected chi connectivity index (χ4v) is 3.68. The Morgan fingerprint density at radius 2 is 1.67 bits per heavy atom. The maximum absolute atomic E-state index is 11.1. The van der Waals surface area contributed by atoms with Gasteiger partial charge in [-0.2, -0.15) is 0 Å². The van der Waals surface area contributed by atoms with Gasteiger partial charge in [-0.15, -0.1) is 0 Å². The van der Waals surface area contributed by atoms with Crippen LogP contribution in [0.4, 0.5) is 17.1 Å². The molecule has 0 bridgehead atoms. The van der Waals surface area contributed by atoms with Gasteiger partial charge in [0.25, 0.3) is 0 Å². The van der Waals surface area contributed by atoms with Crippen LogP contribution in [0.15, 0.2) is 42.5 Å². The number of benzene rings is 2. The van der Waals surface area contributed by atoms with Crippen molar-refractivity contribution in [2.45, 2.75) is 0 Å². The van der Waals surface area contributed by atoms with E-state index >= 15 is 0 Å². The zero-order valence-electron chi connectivity index (χ0n) is 17.1. The standard InChI is InChI=1S/C23H24N4O3/c1-24-19-11-20(25-2)21(26-3)22-16(19)10-15(12-30-22)18-9-8-17(27-18)13-4-6-14(7-5-13)23(28)29/h4-11,24-27H,12H2,1-3H3,(H,28,29). The number of hydrogen-bond donors (Lipinski definition) is 5. The van der Waals surface area contributed by atoms with Gasteiger partial charge in [0, 0.05) is 49.4 Å². The van der Waals surface area contributed by atoms with E-state index in [9.17, 15) is 4.79 Å². The molecule has 0 atom stereocenters. The average Bonchev–Trinajstić information content (AvgIpc) is 3.27. The third kappa shape index (κ3) is 3.34. The molecular formula is C23H24N4O3. The Morgan fingerprint density at radius 1 is 0.967 bits per heavy atom. The van der Waals surface area contributed by atoms with Gasteiger partial charge in [-0.1, -0.05) is 12.1 Å². The molecule has 0 amide bonds. The number of aromatic amines is 1. The number of ether oxygens (including phenoxy) is 1. The maximum Gasteiger partial charge on any atom is 0.335 e. The van der Waals surface area contributed by atoms with Crippen molar-refractivity contribution in [1.29, 1.82) is 0 Å². The number of nitrogens with one attached hydrogen (secondary N) is 4. The quantitative estimate of drug-likeness (QED) is 0.417. The summed E-state index contributed by atoms with van der Waals surface area (Å²) in [6.07, 6.45) is 2.13. The maximum atomic E-state index is 11.1. The summed E-state index contributed by atoms with van der Waals surface area (Å²) < 4.78 is 6.16. The summed E-state index contributed by atoms with van der Waals surface area (Å²) >= 11 is 0. The number of aromatic carboxylic acids is 1. The summed E-state index contributed by atoms with van der Waals surface area (Å²) in [4.78, 5) is 14.5. The van der Waals surface area contributed by atoms with Crippen molar-refractivity contribution < 1.29 is 14.6 Å². The van der Waals surface area contributed by atoms with Crippen molar-refractivity contribution in [3.05, 3.63) is 59.3 Å². The number of carbonyl (C=O) groups is 1. The summed E-state index contributed by atoms with van der Waals surface area (Å²) in [7, 11) is 5.66. The van der Waals surface area contributed by atoms with E-state index < -0.39 is 5.97 Å². The molecule has 3 aromatic rings. The summed E-state index contributed by atoms with van der Waals surface area (Å²) in [5, 5.41) is 18.7. The van der Waals surface area contributed by atoms with Crippen LogP contribution < -0.4 is 20.7 Å². The molecule has 0 aliphatic carbocycles. The topological polar surface area (TPSA) is 98.4 Å². The number of hydrogen-bond acceptors (Lipinski definition) is 5. The van der Waals surface area contributed by atoms with Crippen LogP contribution in [0.25, 0.3) is 22.9 Å². The van der Waals surface area contributed by atoms with Crippen molar-refractivity contribution in [1.82, 2.24) is 4.98 Å². The van der Waals surface area contributed by atoms with Crippen molar-refractivity contribution in [2.24, 2.45) is 0 Å². The molecule has 5 N–H and O–H groups in total. The molecule has 0 saturated carbocycles. The zero-order chi connectivity index (χ0) is 21.3. The van der Waals surface area contributed by atoms with Crippen molar-refractivity contribution in [2.75, 3.05) is 43.7 Å². The first-order valence-corrected chi connectivity index (χ1v) is 9.66. The number of fused-ring (bicyclic) bond motifs is 1. The Kier molecular flexibility index (Phi) is 5.10. The van der Waals surface area contributed by atoms with Gasteiger partial charge < -0.3 is 30.8 Å². The Morgan fingerprint density at radius 3 is 2.30 bits per heavy atom. The first kappa shape index (κ1) is 19.4. The molecule has 4 rings (SSSR count). The Balaban J connectivity index is 1.70. The SMILES string of the molecule is CNc1cc(NC)c(NC)c2c1C=C(c1ccc(-c3ccc(C(=O)O)cc3)[nH]1)CO2. The van der Waals surface area contributed by atoms with Crippen LogP contribution in [0, 0.1) is 0 Å². The second-order valence-electron chi connectivity index (χ2n) is 6.97. The molecule has 0 unspecified atom stereocenters. The van der Waals surface area contributed by atoms with E-state index in [0.717, 1.165) is 50.9 Å². The number of anilines is 3. The minimum Gasteiger partial charge on any atom is -0.486 e. The molecule has 30 heavy (non-hydrogen) atoms. The lowest BCUT2D eigenvalue weighted by molar-refractivity contribution is 0.0697. The van der Waals surface area contributed by atoms with Crippen LogP contribution in [0.3, 0.4) is 0 Å². The molecular weight excluding hydrogens is 380 g/mol. The van der Waals surface area contributed by atoms with Crippen molar-refractivity contribution >= 4 is 34.7 Å². The molecule has 0 saturated heterocycles. The zero-order valence-corrected chi connectivity index (χ0v) is 17.1. The van der Waals surface area contributed by atoms with E-state index in [1.807, 2.05) is 33.3 Å². The summed E-state index contributed by atoms with van der Waals surface area (Å²) in [5.74, 6) is -0.118. The molecule has 2 aromatic carbocycles. The number of carboxylic acids is 1. The van der Waals surface area contributed by atoms with E-state index in [2.05, 4.69) is 33.1 Å². The summed E-state index contributed by atoms with van der Waals surface area (Å²) in [6, 6.07) is 12.9. The van der Waals surface area contributed by atoms with Gasteiger partial charge >= 0.3 is 5.97 Å². The molecule has 2 heterocycles. The predicted molar refractivity (Wildman–Crippen MR) is 122 cm³/mol. The molecule has 0 fully saturated rings. The number of carboxylic acid groups (broad SMARTS) is 1. The van der Waals surface area contributed by atoms with Crippen molar-refractivity contribution in [3.8, 4) is 17.0 Å². The minimum absolute atomic E-state index is 0.270. The fraction of sp³-hybridized carbons (Fsp3) is 0.174. The lowest BCUT2D eigenvalue weighted by Crippen LogP contribution is -2.12. The highest BCUT2D eigenvalue weighted by atomic mass is 16.5. The monoisotopic (exact) mass is 404 g/mol. The van der Waals surface area contributed by atoms with Gasteiger partial charge in [0.2, 0.25) is 0 Å². The lowest BCUT2D eigenvalue weighted by Gasteiger charge is -2.24.